The van der Waals surface area contributed by atoms with Gasteiger partial charge in [0.25, 0.3) is 0 Å². The van der Waals surface area contributed by atoms with E-state index in [1.165, 1.54) is 5.69 Å². The third-order valence-corrected chi connectivity index (χ3v) is 3.37. The standard InChI is InChI=1S/C12H14BrNO2/c13-9-1-3-10(4-2-9)14(5-11-7-15-11)6-12-8-16-12/h1-4,11-12H,5-8H2. The molecule has 2 atom stereocenters. The predicted octanol–water partition coefficient (Wildman–Crippen LogP) is 2.05. The zero-order valence-corrected chi connectivity index (χ0v) is 10.5. The van der Waals surface area contributed by atoms with Crippen LogP contribution in [-0.2, 0) is 9.47 Å². The Kier molecular flexibility index (Phi) is 2.88. The van der Waals surface area contributed by atoms with Crippen LogP contribution in [0.25, 0.3) is 0 Å². The Morgan fingerprint density at radius 3 is 2.00 bits per heavy atom. The molecule has 0 aliphatic carbocycles. The molecule has 86 valence electrons. The summed E-state index contributed by atoms with van der Waals surface area (Å²) in [5.74, 6) is 0. The number of hydrogen-bond acceptors (Lipinski definition) is 3. The molecule has 3 rings (SSSR count). The van der Waals surface area contributed by atoms with E-state index in [-0.39, 0.29) is 0 Å². The van der Waals surface area contributed by atoms with E-state index in [0.717, 1.165) is 30.8 Å². The van der Waals surface area contributed by atoms with Crippen LogP contribution >= 0.6 is 15.9 Å². The van der Waals surface area contributed by atoms with Crippen molar-refractivity contribution in [1.29, 1.82) is 0 Å². The Morgan fingerprint density at radius 1 is 1.06 bits per heavy atom. The van der Waals surface area contributed by atoms with Crippen LogP contribution in [0.2, 0.25) is 0 Å². The highest BCUT2D eigenvalue weighted by Crippen LogP contribution is 2.23. The second-order valence-corrected chi connectivity index (χ2v) is 5.21. The normalized spacial score (nSPS) is 26.6. The monoisotopic (exact) mass is 283 g/mol. The third-order valence-electron chi connectivity index (χ3n) is 2.84. The molecule has 0 aromatic heterocycles. The average Bonchev–Trinajstić information content (AvgIpc) is 3.12. The Balaban J connectivity index is 1.71. The molecule has 0 N–H and O–H groups in total. The largest absolute Gasteiger partial charge is 0.371 e. The molecular formula is C12H14BrNO2. The first-order valence-electron chi connectivity index (χ1n) is 5.55. The molecule has 0 saturated carbocycles. The lowest BCUT2D eigenvalue weighted by atomic mass is 10.2. The summed E-state index contributed by atoms with van der Waals surface area (Å²) in [7, 11) is 0. The van der Waals surface area contributed by atoms with E-state index in [9.17, 15) is 0 Å². The molecular weight excluding hydrogens is 270 g/mol. The number of ether oxygens (including phenoxy) is 2. The van der Waals surface area contributed by atoms with Gasteiger partial charge in [0, 0.05) is 23.2 Å². The molecule has 1 aromatic rings. The van der Waals surface area contributed by atoms with Gasteiger partial charge in [-0.2, -0.15) is 0 Å². The lowest BCUT2D eigenvalue weighted by Crippen LogP contribution is -2.31. The first kappa shape index (κ1) is 10.6. The molecule has 1 aromatic carbocycles. The summed E-state index contributed by atoms with van der Waals surface area (Å²) in [5, 5.41) is 0. The minimum atomic E-state index is 0.419. The first-order valence-corrected chi connectivity index (χ1v) is 6.34. The molecule has 2 unspecified atom stereocenters. The fourth-order valence-electron chi connectivity index (χ4n) is 1.78. The smallest absolute Gasteiger partial charge is 0.0984 e. The Hall–Kier alpha value is -0.580. The summed E-state index contributed by atoms with van der Waals surface area (Å²) in [6, 6.07) is 8.41. The van der Waals surface area contributed by atoms with Gasteiger partial charge in [-0.15, -0.1) is 0 Å². The van der Waals surface area contributed by atoms with Crippen LogP contribution in [0.15, 0.2) is 28.7 Å². The van der Waals surface area contributed by atoms with Crippen LogP contribution in [0.4, 0.5) is 5.69 Å². The molecule has 2 aliphatic heterocycles. The highest BCUT2D eigenvalue weighted by atomic mass is 79.9. The Bertz CT molecular complexity index is 346. The summed E-state index contributed by atoms with van der Waals surface area (Å²) >= 11 is 3.45. The number of nitrogens with zero attached hydrogens (tertiary/aromatic N) is 1. The highest BCUT2D eigenvalue weighted by molar-refractivity contribution is 9.10. The minimum Gasteiger partial charge on any atom is -0.371 e. The van der Waals surface area contributed by atoms with Gasteiger partial charge in [-0.25, -0.2) is 0 Å². The lowest BCUT2D eigenvalue weighted by molar-refractivity contribution is 0.389. The van der Waals surface area contributed by atoms with Crippen molar-refractivity contribution in [2.45, 2.75) is 12.2 Å². The number of hydrogen-bond donors (Lipinski definition) is 0. The summed E-state index contributed by atoms with van der Waals surface area (Å²) in [5.41, 5.74) is 1.24. The first-order chi connectivity index (χ1) is 7.81. The minimum absolute atomic E-state index is 0.419. The van der Waals surface area contributed by atoms with Crippen molar-refractivity contribution in [3.8, 4) is 0 Å². The molecule has 0 bridgehead atoms. The van der Waals surface area contributed by atoms with E-state index >= 15 is 0 Å². The van der Waals surface area contributed by atoms with Gasteiger partial charge in [0.2, 0.25) is 0 Å². The van der Waals surface area contributed by atoms with Gasteiger partial charge in [0.05, 0.1) is 25.4 Å². The van der Waals surface area contributed by atoms with Gasteiger partial charge in [-0.1, -0.05) is 15.9 Å². The zero-order valence-electron chi connectivity index (χ0n) is 8.93. The predicted molar refractivity (Wildman–Crippen MR) is 65.8 cm³/mol. The molecule has 2 heterocycles. The van der Waals surface area contributed by atoms with E-state index in [1.54, 1.807) is 0 Å². The molecule has 16 heavy (non-hydrogen) atoms. The summed E-state index contributed by atoms with van der Waals surface area (Å²) < 4.78 is 11.7. The van der Waals surface area contributed by atoms with Crippen LogP contribution in [-0.4, -0.2) is 38.5 Å². The molecule has 2 fully saturated rings. The van der Waals surface area contributed by atoms with Gasteiger partial charge >= 0.3 is 0 Å². The topological polar surface area (TPSA) is 28.3 Å². The molecule has 4 heteroatoms. The lowest BCUT2D eigenvalue weighted by Gasteiger charge is -2.23. The molecule has 0 radical (unpaired) electrons. The maximum atomic E-state index is 5.29. The number of rotatable bonds is 5. The Labute approximate surface area is 103 Å². The maximum absolute atomic E-state index is 5.29. The number of halogens is 1. The zero-order chi connectivity index (χ0) is 11.0. The quantitative estimate of drug-likeness (QED) is 0.775. The van der Waals surface area contributed by atoms with Crippen molar-refractivity contribution in [2.24, 2.45) is 0 Å². The molecule has 3 nitrogen and oxygen atoms in total. The van der Waals surface area contributed by atoms with Crippen molar-refractivity contribution < 1.29 is 9.47 Å². The van der Waals surface area contributed by atoms with Crippen LogP contribution in [0, 0.1) is 0 Å². The maximum Gasteiger partial charge on any atom is 0.0984 e. The molecule has 0 spiro atoms. The highest BCUT2D eigenvalue weighted by Gasteiger charge is 2.30. The van der Waals surface area contributed by atoms with Crippen LogP contribution in [0.3, 0.4) is 0 Å². The van der Waals surface area contributed by atoms with Gasteiger partial charge in [-0.3, -0.25) is 0 Å². The van der Waals surface area contributed by atoms with Crippen molar-refractivity contribution in [2.75, 3.05) is 31.2 Å². The van der Waals surface area contributed by atoms with E-state index in [0.29, 0.717) is 12.2 Å². The van der Waals surface area contributed by atoms with Crippen LogP contribution in [0.5, 0.6) is 0 Å². The van der Waals surface area contributed by atoms with Crippen molar-refractivity contribution in [3.05, 3.63) is 28.7 Å². The number of benzene rings is 1. The average molecular weight is 284 g/mol. The van der Waals surface area contributed by atoms with E-state index < -0.39 is 0 Å². The van der Waals surface area contributed by atoms with Crippen molar-refractivity contribution >= 4 is 21.6 Å². The fourth-order valence-corrected chi connectivity index (χ4v) is 2.04. The second-order valence-electron chi connectivity index (χ2n) is 4.29. The van der Waals surface area contributed by atoms with Crippen molar-refractivity contribution in [3.63, 3.8) is 0 Å². The third kappa shape index (κ3) is 2.75. The summed E-state index contributed by atoms with van der Waals surface area (Å²) in [6.07, 6.45) is 0.838. The van der Waals surface area contributed by atoms with Crippen LogP contribution in [0.1, 0.15) is 0 Å². The number of epoxide rings is 2. The number of anilines is 1. The van der Waals surface area contributed by atoms with Gasteiger partial charge in [-0.05, 0) is 24.3 Å². The SMILES string of the molecule is Brc1ccc(N(CC2CO2)CC2CO2)cc1. The van der Waals surface area contributed by atoms with Gasteiger partial charge < -0.3 is 14.4 Å². The fraction of sp³-hybridized carbons (Fsp3) is 0.500. The van der Waals surface area contributed by atoms with Gasteiger partial charge in [0.1, 0.15) is 0 Å². The molecule has 0 amide bonds. The van der Waals surface area contributed by atoms with Gasteiger partial charge in [0.15, 0.2) is 0 Å². The van der Waals surface area contributed by atoms with Crippen molar-refractivity contribution in [1.82, 2.24) is 0 Å². The Morgan fingerprint density at radius 2 is 1.56 bits per heavy atom. The van der Waals surface area contributed by atoms with Crippen LogP contribution < -0.4 is 4.90 Å². The molecule has 2 aliphatic rings. The van der Waals surface area contributed by atoms with E-state index in [4.69, 9.17) is 9.47 Å². The van der Waals surface area contributed by atoms with E-state index in [1.807, 2.05) is 0 Å². The van der Waals surface area contributed by atoms with E-state index in [2.05, 4.69) is 45.1 Å². The summed E-state index contributed by atoms with van der Waals surface area (Å²) in [6.45, 7) is 3.75. The second kappa shape index (κ2) is 4.35. The summed E-state index contributed by atoms with van der Waals surface area (Å²) in [4.78, 5) is 2.35. The molecule has 2 saturated heterocycles.